The Morgan fingerprint density at radius 3 is 2.43 bits per heavy atom. The van der Waals surface area contributed by atoms with Gasteiger partial charge in [0.2, 0.25) is 0 Å². The molecule has 0 saturated carbocycles. The summed E-state index contributed by atoms with van der Waals surface area (Å²) >= 11 is 1.81. The van der Waals surface area contributed by atoms with Crippen LogP contribution in [0.15, 0.2) is 29.2 Å². The molecule has 1 fully saturated rings. The van der Waals surface area contributed by atoms with Gasteiger partial charge in [0.05, 0.1) is 0 Å². The molecule has 0 aliphatic carbocycles. The second kappa shape index (κ2) is 4.68. The molecule has 0 radical (unpaired) electrons. The van der Waals surface area contributed by atoms with Crippen LogP contribution in [0.4, 0.5) is 5.69 Å². The third-order valence-corrected chi connectivity index (χ3v) is 3.30. The highest BCUT2D eigenvalue weighted by atomic mass is 32.2. The van der Waals surface area contributed by atoms with Crippen LogP contribution in [0.3, 0.4) is 0 Å². The van der Waals surface area contributed by atoms with Crippen LogP contribution in [0.1, 0.15) is 0 Å². The molecule has 0 unspecified atom stereocenters. The summed E-state index contributed by atoms with van der Waals surface area (Å²) in [6, 6.07) is 8.04. The minimum atomic E-state index is 0.828. The van der Waals surface area contributed by atoms with Crippen LogP contribution in [0.2, 0.25) is 0 Å². The molecule has 3 N–H and O–H groups in total. The fourth-order valence-corrected chi connectivity index (χ4v) is 2.33. The van der Waals surface area contributed by atoms with E-state index in [2.05, 4.69) is 21.8 Å². The fourth-order valence-electron chi connectivity index (χ4n) is 1.41. The van der Waals surface area contributed by atoms with Crippen LogP contribution in [-0.4, -0.2) is 30.5 Å². The van der Waals surface area contributed by atoms with Crippen molar-refractivity contribution in [2.24, 2.45) is 0 Å². The summed E-state index contributed by atoms with van der Waals surface area (Å²) in [6.07, 6.45) is 0. The molecule has 1 aromatic rings. The van der Waals surface area contributed by atoms with Crippen molar-refractivity contribution in [3.05, 3.63) is 24.3 Å². The zero-order chi connectivity index (χ0) is 9.80. The molecule has 0 bridgehead atoms. The van der Waals surface area contributed by atoms with Gasteiger partial charge in [-0.15, -0.1) is 0 Å². The van der Waals surface area contributed by atoms with Crippen molar-refractivity contribution in [2.45, 2.75) is 4.90 Å². The number of nitrogen functional groups attached to an aromatic ring is 1. The maximum atomic E-state index is 5.63. The van der Waals surface area contributed by atoms with Crippen LogP contribution >= 0.6 is 11.9 Å². The van der Waals surface area contributed by atoms with E-state index in [1.54, 1.807) is 0 Å². The largest absolute Gasteiger partial charge is 0.399 e. The SMILES string of the molecule is Nc1ccc(SN2CCNCC2)cc1. The number of benzene rings is 1. The first kappa shape index (κ1) is 9.83. The van der Waals surface area contributed by atoms with Crippen LogP contribution in [0, 0.1) is 0 Å². The van der Waals surface area contributed by atoms with E-state index in [1.807, 2.05) is 24.1 Å². The Morgan fingerprint density at radius 1 is 1.14 bits per heavy atom. The van der Waals surface area contributed by atoms with Crippen LogP contribution < -0.4 is 11.1 Å². The van der Waals surface area contributed by atoms with Gasteiger partial charge in [-0.3, -0.25) is 0 Å². The molecule has 14 heavy (non-hydrogen) atoms. The lowest BCUT2D eigenvalue weighted by Gasteiger charge is -2.25. The normalized spacial score (nSPS) is 18.3. The van der Waals surface area contributed by atoms with E-state index in [-0.39, 0.29) is 0 Å². The Bertz CT molecular complexity index is 280. The third-order valence-electron chi connectivity index (χ3n) is 2.19. The number of nitrogens with one attached hydrogen (secondary N) is 1. The van der Waals surface area contributed by atoms with Crippen LogP contribution in [0.25, 0.3) is 0 Å². The van der Waals surface area contributed by atoms with Gasteiger partial charge in [0, 0.05) is 36.8 Å². The third kappa shape index (κ3) is 2.64. The molecule has 1 aliphatic heterocycles. The summed E-state index contributed by atoms with van der Waals surface area (Å²) in [4.78, 5) is 1.26. The summed E-state index contributed by atoms with van der Waals surface area (Å²) in [5, 5.41) is 3.33. The van der Waals surface area contributed by atoms with Crippen LogP contribution in [-0.2, 0) is 0 Å². The van der Waals surface area contributed by atoms with Crippen molar-refractivity contribution < 1.29 is 0 Å². The second-order valence-electron chi connectivity index (χ2n) is 3.34. The van der Waals surface area contributed by atoms with Crippen molar-refractivity contribution >= 4 is 17.6 Å². The predicted molar refractivity (Wildman–Crippen MR) is 61.2 cm³/mol. The first-order valence-electron chi connectivity index (χ1n) is 4.84. The van der Waals surface area contributed by atoms with E-state index in [4.69, 9.17) is 5.73 Å². The lowest BCUT2D eigenvalue weighted by Crippen LogP contribution is -2.39. The molecule has 1 aliphatic rings. The van der Waals surface area contributed by atoms with Gasteiger partial charge in [-0.25, -0.2) is 4.31 Å². The lowest BCUT2D eigenvalue weighted by molar-refractivity contribution is 0.396. The van der Waals surface area contributed by atoms with Crippen LogP contribution in [0.5, 0.6) is 0 Å². The zero-order valence-electron chi connectivity index (χ0n) is 8.07. The smallest absolute Gasteiger partial charge is 0.0314 e. The number of nitrogens with two attached hydrogens (primary N) is 1. The molecule has 0 atom stereocenters. The highest BCUT2D eigenvalue weighted by Gasteiger charge is 2.10. The standard InChI is InChI=1S/C10H15N3S/c11-9-1-3-10(4-2-9)14-13-7-5-12-6-8-13/h1-4,12H,5-8,11H2. The number of rotatable bonds is 2. The van der Waals surface area contributed by atoms with E-state index < -0.39 is 0 Å². The summed E-state index contributed by atoms with van der Waals surface area (Å²) in [7, 11) is 0. The van der Waals surface area contributed by atoms with Gasteiger partial charge in [-0.05, 0) is 36.2 Å². The predicted octanol–water partition coefficient (Wildman–Crippen LogP) is 1.18. The van der Waals surface area contributed by atoms with Gasteiger partial charge in [0.15, 0.2) is 0 Å². The molecule has 0 spiro atoms. The average Bonchev–Trinajstić information content (AvgIpc) is 2.23. The molecule has 0 aromatic heterocycles. The van der Waals surface area contributed by atoms with Gasteiger partial charge in [0.1, 0.15) is 0 Å². The Kier molecular flexibility index (Phi) is 3.29. The van der Waals surface area contributed by atoms with Crippen molar-refractivity contribution in [1.29, 1.82) is 0 Å². The van der Waals surface area contributed by atoms with Gasteiger partial charge in [0.25, 0.3) is 0 Å². The van der Waals surface area contributed by atoms with E-state index in [0.29, 0.717) is 0 Å². The Hall–Kier alpha value is -0.710. The highest BCUT2D eigenvalue weighted by Crippen LogP contribution is 2.23. The lowest BCUT2D eigenvalue weighted by atomic mass is 10.3. The number of piperazine rings is 1. The van der Waals surface area contributed by atoms with Gasteiger partial charge >= 0.3 is 0 Å². The van der Waals surface area contributed by atoms with Crippen molar-refractivity contribution in [2.75, 3.05) is 31.9 Å². The van der Waals surface area contributed by atoms with Crippen molar-refractivity contribution in [3.8, 4) is 0 Å². The van der Waals surface area contributed by atoms with Gasteiger partial charge in [-0.1, -0.05) is 0 Å². The minimum Gasteiger partial charge on any atom is -0.399 e. The molecule has 76 valence electrons. The zero-order valence-corrected chi connectivity index (χ0v) is 8.89. The van der Waals surface area contributed by atoms with Gasteiger partial charge < -0.3 is 11.1 Å². The maximum Gasteiger partial charge on any atom is 0.0314 e. The Labute approximate surface area is 88.8 Å². The topological polar surface area (TPSA) is 41.3 Å². The highest BCUT2D eigenvalue weighted by molar-refractivity contribution is 7.97. The summed E-state index contributed by atoms with van der Waals surface area (Å²) in [5.74, 6) is 0. The molecular formula is C10H15N3S. The van der Waals surface area contributed by atoms with Crippen molar-refractivity contribution in [3.63, 3.8) is 0 Å². The van der Waals surface area contributed by atoms with E-state index in [1.165, 1.54) is 4.90 Å². The van der Waals surface area contributed by atoms with E-state index in [0.717, 1.165) is 31.9 Å². The summed E-state index contributed by atoms with van der Waals surface area (Å²) in [5.41, 5.74) is 6.46. The minimum absolute atomic E-state index is 0.828. The molecular weight excluding hydrogens is 194 g/mol. The Balaban J connectivity index is 1.92. The molecule has 1 saturated heterocycles. The summed E-state index contributed by atoms with van der Waals surface area (Å²) in [6.45, 7) is 4.38. The second-order valence-corrected chi connectivity index (χ2v) is 4.51. The number of hydrogen-bond acceptors (Lipinski definition) is 4. The molecule has 1 aromatic carbocycles. The molecule has 0 amide bonds. The van der Waals surface area contributed by atoms with E-state index in [9.17, 15) is 0 Å². The Morgan fingerprint density at radius 2 is 1.79 bits per heavy atom. The maximum absolute atomic E-state index is 5.63. The molecule has 3 nitrogen and oxygen atoms in total. The van der Waals surface area contributed by atoms with Gasteiger partial charge in [-0.2, -0.15) is 0 Å². The molecule has 1 heterocycles. The number of anilines is 1. The molecule has 4 heteroatoms. The average molecular weight is 209 g/mol. The number of nitrogens with zero attached hydrogens (tertiary/aromatic N) is 1. The van der Waals surface area contributed by atoms with E-state index >= 15 is 0 Å². The first-order valence-corrected chi connectivity index (χ1v) is 5.61. The first-order chi connectivity index (χ1) is 6.84. The fraction of sp³-hybridized carbons (Fsp3) is 0.400. The monoisotopic (exact) mass is 209 g/mol. The number of hydrogen-bond donors (Lipinski definition) is 2. The van der Waals surface area contributed by atoms with Crippen molar-refractivity contribution in [1.82, 2.24) is 9.62 Å². The quantitative estimate of drug-likeness (QED) is 0.567. The molecule has 2 rings (SSSR count). The summed E-state index contributed by atoms with van der Waals surface area (Å²) < 4.78 is 2.38.